The predicted molar refractivity (Wildman–Crippen MR) is 44.7 cm³/mol. The van der Waals surface area contributed by atoms with Crippen LogP contribution in [-0.4, -0.2) is 13.9 Å². The predicted octanol–water partition coefficient (Wildman–Crippen LogP) is 2.56. The van der Waals surface area contributed by atoms with Gasteiger partial charge in [-0.15, -0.1) is 0 Å². The summed E-state index contributed by atoms with van der Waals surface area (Å²) in [5, 5.41) is 0. The highest BCUT2D eigenvalue weighted by Crippen LogP contribution is 2.27. The molecule has 0 aromatic rings. The van der Waals surface area contributed by atoms with E-state index < -0.39 is 15.6 Å². The van der Waals surface area contributed by atoms with E-state index in [1.54, 1.807) is 0 Å². The number of alkyl halides is 3. The van der Waals surface area contributed by atoms with Gasteiger partial charge >= 0.3 is 15.6 Å². The van der Waals surface area contributed by atoms with Gasteiger partial charge < -0.3 is 4.18 Å². The molecule has 0 fully saturated rings. The summed E-state index contributed by atoms with van der Waals surface area (Å²) in [4.78, 5) is 0. The molecule has 0 amide bonds. The molecule has 0 atom stereocenters. The van der Waals surface area contributed by atoms with E-state index in [1.807, 2.05) is 6.92 Å². The monoisotopic (exact) mass is 232 g/mol. The fraction of sp³-hybridized carbons (Fsp3) is 0.714. The molecule has 0 aromatic carbocycles. The summed E-state index contributed by atoms with van der Waals surface area (Å²) in [5.41, 5.74) is -5.39. The summed E-state index contributed by atoms with van der Waals surface area (Å²) >= 11 is 0. The Balaban J connectivity index is 4.32. The lowest BCUT2D eigenvalue weighted by atomic mass is 10.2. The Hall–Kier alpha value is -0.720. The van der Waals surface area contributed by atoms with Crippen molar-refractivity contribution >= 4 is 10.1 Å². The molecule has 84 valence electrons. The molecule has 0 saturated heterocycles. The molecule has 0 radical (unpaired) electrons. The van der Waals surface area contributed by atoms with E-state index >= 15 is 0 Å². The number of rotatable bonds is 5. The third-order valence-corrected chi connectivity index (χ3v) is 2.34. The minimum Gasteiger partial charge on any atom is -0.381 e. The molecule has 0 heterocycles. The molecule has 0 rings (SSSR count). The molecule has 0 spiro atoms. The zero-order valence-corrected chi connectivity index (χ0v) is 8.41. The molecule has 0 aromatic heterocycles. The van der Waals surface area contributed by atoms with Gasteiger partial charge in [-0.1, -0.05) is 19.9 Å². The zero-order valence-electron chi connectivity index (χ0n) is 7.60. The first-order valence-electron chi connectivity index (χ1n) is 3.89. The van der Waals surface area contributed by atoms with E-state index in [9.17, 15) is 21.6 Å². The van der Waals surface area contributed by atoms with Crippen LogP contribution in [-0.2, 0) is 14.3 Å². The van der Waals surface area contributed by atoms with E-state index in [-0.39, 0.29) is 12.2 Å². The Kier molecular flexibility index (Phi) is 4.44. The van der Waals surface area contributed by atoms with Gasteiger partial charge in [-0.2, -0.15) is 21.6 Å². The van der Waals surface area contributed by atoms with Crippen LogP contribution in [0.5, 0.6) is 0 Å². The largest absolute Gasteiger partial charge is 0.534 e. The van der Waals surface area contributed by atoms with Gasteiger partial charge in [0, 0.05) is 6.42 Å². The molecule has 14 heavy (non-hydrogen) atoms. The molecular formula is C7H11F3O3S. The summed E-state index contributed by atoms with van der Waals surface area (Å²) < 4.78 is 59.9. The highest BCUT2D eigenvalue weighted by Gasteiger charge is 2.48. The van der Waals surface area contributed by atoms with E-state index in [4.69, 9.17) is 0 Å². The maximum atomic E-state index is 11.8. The maximum Gasteiger partial charge on any atom is 0.534 e. The van der Waals surface area contributed by atoms with Crippen LogP contribution < -0.4 is 0 Å². The molecule has 0 unspecified atom stereocenters. The minimum absolute atomic E-state index is 0.103. The third-order valence-electron chi connectivity index (χ3n) is 1.32. The van der Waals surface area contributed by atoms with Crippen LogP contribution in [0.3, 0.4) is 0 Å². The van der Waals surface area contributed by atoms with Gasteiger partial charge in [0.1, 0.15) is 5.76 Å². The average molecular weight is 232 g/mol. The van der Waals surface area contributed by atoms with Crippen molar-refractivity contribution < 1.29 is 25.8 Å². The number of unbranched alkanes of at least 4 members (excludes halogenated alkanes) is 1. The maximum absolute atomic E-state index is 11.8. The number of halogens is 3. The molecule has 0 N–H and O–H groups in total. The standard InChI is InChI=1S/C7H11F3O3S/c1-3-4-5-6(2)13-14(11,12)7(8,9)10/h2-5H2,1H3. The minimum atomic E-state index is -5.53. The lowest BCUT2D eigenvalue weighted by Crippen LogP contribution is -2.25. The van der Waals surface area contributed by atoms with Crippen LogP contribution in [0.2, 0.25) is 0 Å². The first-order valence-corrected chi connectivity index (χ1v) is 5.30. The Bertz CT molecular complexity index is 292. The Morgan fingerprint density at radius 2 is 1.93 bits per heavy atom. The van der Waals surface area contributed by atoms with Gasteiger partial charge in [0.05, 0.1) is 0 Å². The van der Waals surface area contributed by atoms with Gasteiger partial charge in [-0.05, 0) is 6.42 Å². The van der Waals surface area contributed by atoms with Crippen molar-refractivity contribution in [3.63, 3.8) is 0 Å². The second kappa shape index (κ2) is 4.68. The Labute approximate surface area is 80.7 Å². The van der Waals surface area contributed by atoms with Crippen LogP contribution in [0.25, 0.3) is 0 Å². The van der Waals surface area contributed by atoms with Gasteiger partial charge in [0.2, 0.25) is 0 Å². The van der Waals surface area contributed by atoms with Gasteiger partial charge in [0.25, 0.3) is 0 Å². The van der Waals surface area contributed by atoms with Crippen LogP contribution in [0, 0.1) is 0 Å². The molecule has 0 aliphatic rings. The molecule has 0 bridgehead atoms. The van der Waals surface area contributed by atoms with Crippen molar-refractivity contribution in [2.24, 2.45) is 0 Å². The Morgan fingerprint density at radius 3 is 2.29 bits per heavy atom. The lowest BCUT2D eigenvalue weighted by Gasteiger charge is -2.10. The normalized spacial score (nSPS) is 12.6. The molecule has 0 aliphatic heterocycles. The highest BCUT2D eigenvalue weighted by molar-refractivity contribution is 7.87. The molecule has 3 nitrogen and oxygen atoms in total. The zero-order chi connectivity index (χ0) is 11.4. The first-order chi connectivity index (χ1) is 6.20. The van der Waals surface area contributed by atoms with Crippen molar-refractivity contribution in [2.75, 3.05) is 0 Å². The third kappa shape index (κ3) is 3.99. The summed E-state index contributed by atoms with van der Waals surface area (Å²) in [6.45, 7) is 4.90. The molecule has 0 aliphatic carbocycles. The molecule has 0 saturated carbocycles. The van der Waals surface area contributed by atoms with E-state index in [2.05, 4.69) is 10.8 Å². The first kappa shape index (κ1) is 13.3. The second-order valence-electron chi connectivity index (χ2n) is 2.63. The van der Waals surface area contributed by atoms with E-state index in [1.165, 1.54) is 0 Å². The van der Waals surface area contributed by atoms with E-state index in [0.29, 0.717) is 12.8 Å². The van der Waals surface area contributed by atoms with Crippen LogP contribution in [0.15, 0.2) is 12.3 Å². The quantitative estimate of drug-likeness (QED) is 0.415. The van der Waals surface area contributed by atoms with Gasteiger partial charge in [-0.25, -0.2) is 0 Å². The van der Waals surface area contributed by atoms with Gasteiger partial charge in [0.15, 0.2) is 0 Å². The summed E-state index contributed by atoms with van der Waals surface area (Å²) in [5.74, 6) is -0.385. The van der Waals surface area contributed by atoms with Crippen molar-refractivity contribution in [3.05, 3.63) is 12.3 Å². The summed E-state index contributed by atoms with van der Waals surface area (Å²) in [6.07, 6.45) is 1.35. The Morgan fingerprint density at radius 1 is 1.43 bits per heavy atom. The number of allylic oxidation sites excluding steroid dienone is 1. The van der Waals surface area contributed by atoms with Crippen LogP contribution in [0.4, 0.5) is 13.2 Å². The average Bonchev–Trinajstić information content (AvgIpc) is 1.97. The van der Waals surface area contributed by atoms with Crippen molar-refractivity contribution in [1.29, 1.82) is 0 Å². The smallest absolute Gasteiger partial charge is 0.381 e. The van der Waals surface area contributed by atoms with E-state index in [0.717, 1.165) is 0 Å². The SMILES string of the molecule is C=C(CCCC)OS(=O)(=O)C(F)(F)F. The van der Waals surface area contributed by atoms with Crippen molar-refractivity contribution in [2.45, 2.75) is 31.7 Å². The van der Waals surface area contributed by atoms with Crippen molar-refractivity contribution in [3.8, 4) is 0 Å². The second-order valence-corrected chi connectivity index (χ2v) is 4.16. The lowest BCUT2D eigenvalue weighted by molar-refractivity contribution is -0.0523. The number of hydrogen-bond acceptors (Lipinski definition) is 3. The van der Waals surface area contributed by atoms with Crippen LogP contribution >= 0.6 is 0 Å². The highest BCUT2D eigenvalue weighted by atomic mass is 32.2. The number of hydrogen-bond donors (Lipinski definition) is 0. The van der Waals surface area contributed by atoms with Gasteiger partial charge in [-0.3, -0.25) is 0 Å². The fourth-order valence-corrected chi connectivity index (χ4v) is 1.11. The summed E-state index contributed by atoms with van der Waals surface area (Å²) in [6, 6.07) is 0. The van der Waals surface area contributed by atoms with Crippen LogP contribution in [0.1, 0.15) is 26.2 Å². The molecule has 7 heteroatoms. The van der Waals surface area contributed by atoms with Crippen molar-refractivity contribution in [1.82, 2.24) is 0 Å². The fourth-order valence-electron chi connectivity index (χ4n) is 0.618. The molecular weight excluding hydrogens is 221 g/mol. The topological polar surface area (TPSA) is 43.4 Å². The summed E-state index contributed by atoms with van der Waals surface area (Å²) in [7, 11) is -5.53.